The molecule has 0 aliphatic heterocycles. The number of aryl methyl sites for hydroxylation is 2. The molecule has 0 fully saturated rings. The first kappa shape index (κ1) is 28.8. The molecule has 0 aliphatic rings. The number of carbonyl (C=O) groups excluding carboxylic acids is 1. The third-order valence-corrected chi connectivity index (χ3v) is 6.51. The molecule has 2 rings (SSSR count). The quantitative estimate of drug-likeness (QED) is 0.217. The van der Waals surface area contributed by atoms with Crippen LogP contribution in [0.2, 0.25) is 0 Å². The van der Waals surface area contributed by atoms with Crippen LogP contribution in [0.15, 0.2) is 30.3 Å². The van der Waals surface area contributed by atoms with Crippen LogP contribution in [0, 0.1) is 13.8 Å². The molecule has 2 aromatic rings. The van der Waals surface area contributed by atoms with Gasteiger partial charge in [-0.25, -0.2) is 0 Å². The second-order valence-corrected chi connectivity index (χ2v) is 10.5. The van der Waals surface area contributed by atoms with Crippen molar-refractivity contribution in [3.8, 4) is 11.5 Å². The van der Waals surface area contributed by atoms with Crippen LogP contribution in [-0.4, -0.2) is 37.6 Å². The molecule has 0 heterocycles. The maximum absolute atomic E-state index is 13.3. The van der Waals surface area contributed by atoms with Gasteiger partial charge in [-0.2, -0.15) is 0 Å². The van der Waals surface area contributed by atoms with Crippen molar-refractivity contribution in [2.75, 3.05) is 13.2 Å². The first-order chi connectivity index (χ1) is 14.7. The molecule has 0 N–H and O–H groups in total. The van der Waals surface area contributed by atoms with E-state index in [-0.39, 0.29) is 38.4 Å². The summed E-state index contributed by atoms with van der Waals surface area (Å²) in [5.74, 6) is 1.58. The third kappa shape index (κ3) is 8.26. The Hall–Kier alpha value is -1.26. The molecular formula is C27H39LiO3P. The summed E-state index contributed by atoms with van der Waals surface area (Å²) < 4.78 is 11.9. The van der Waals surface area contributed by atoms with Crippen LogP contribution in [0.1, 0.15) is 87.4 Å². The second kappa shape index (κ2) is 13.4. The first-order valence-electron chi connectivity index (χ1n) is 11.5. The summed E-state index contributed by atoms with van der Waals surface area (Å²) in [6.45, 7) is 16.3. The van der Waals surface area contributed by atoms with Crippen LogP contribution in [0.4, 0.5) is 0 Å². The summed E-state index contributed by atoms with van der Waals surface area (Å²) in [4.78, 5) is 13.3. The van der Waals surface area contributed by atoms with Crippen LogP contribution >= 0.6 is 8.58 Å². The van der Waals surface area contributed by atoms with Gasteiger partial charge in [0.1, 0.15) is 11.5 Å². The average molecular weight is 450 g/mol. The Bertz CT molecular complexity index is 864. The van der Waals surface area contributed by atoms with E-state index in [2.05, 4.69) is 46.8 Å². The van der Waals surface area contributed by atoms with E-state index in [0.717, 1.165) is 59.2 Å². The van der Waals surface area contributed by atoms with E-state index < -0.39 is 0 Å². The van der Waals surface area contributed by atoms with Crippen molar-refractivity contribution in [2.24, 2.45) is 0 Å². The molecule has 0 bridgehead atoms. The number of carbonyl (C=O) groups is 1. The Morgan fingerprint density at radius 3 is 2.00 bits per heavy atom. The van der Waals surface area contributed by atoms with Gasteiger partial charge in [-0.05, 0) is 69.5 Å². The van der Waals surface area contributed by atoms with E-state index in [4.69, 9.17) is 9.47 Å². The maximum Gasteiger partial charge on any atom is 0.186 e. The summed E-state index contributed by atoms with van der Waals surface area (Å²) in [5, 5.41) is 0.947. The van der Waals surface area contributed by atoms with Gasteiger partial charge in [0.15, 0.2) is 5.52 Å². The van der Waals surface area contributed by atoms with Crippen LogP contribution < -0.4 is 14.8 Å². The molecule has 0 spiro atoms. The van der Waals surface area contributed by atoms with E-state index in [1.165, 1.54) is 5.56 Å². The predicted molar refractivity (Wildman–Crippen MR) is 140 cm³/mol. The summed E-state index contributed by atoms with van der Waals surface area (Å²) in [5.41, 5.74) is 4.43. The van der Waals surface area contributed by atoms with E-state index in [9.17, 15) is 4.79 Å². The molecular weight excluding hydrogens is 410 g/mol. The summed E-state index contributed by atoms with van der Waals surface area (Å²) in [6.07, 6.45) is 4.18. The molecule has 0 saturated carbocycles. The standard InChI is InChI=1S/C27H39O3P.Li/c1-8-10-14-29-22-12-13-24(23(18-22)30-15-11-9-2)31-26(28)25-19(3)16-21(17-20(25)4)27(5,6)7;/h12-13,16-18,31H,8-11,14-15H2,1-7H3;. The summed E-state index contributed by atoms with van der Waals surface area (Å²) >= 11 is 0. The minimum Gasteiger partial charge on any atom is -0.493 e. The van der Waals surface area contributed by atoms with E-state index in [1.54, 1.807) is 0 Å². The van der Waals surface area contributed by atoms with Crippen LogP contribution in [0.3, 0.4) is 0 Å². The number of hydrogen-bond acceptors (Lipinski definition) is 3. The SMILES string of the molecule is CCCCOc1ccc(PC(=O)c2c(C)cc(C(C)(C)C)cc2C)c(OCCCC)c1.[Li]. The van der Waals surface area contributed by atoms with E-state index >= 15 is 0 Å². The van der Waals surface area contributed by atoms with Crippen molar-refractivity contribution in [3.63, 3.8) is 0 Å². The molecule has 3 nitrogen and oxygen atoms in total. The van der Waals surface area contributed by atoms with Crippen molar-refractivity contribution >= 4 is 38.3 Å². The van der Waals surface area contributed by atoms with Gasteiger partial charge in [0.25, 0.3) is 0 Å². The summed E-state index contributed by atoms with van der Waals surface area (Å²) in [6, 6.07) is 10.2. The molecule has 1 atom stereocenters. The zero-order chi connectivity index (χ0) is 23.0. The van der Waals surface area contributed by atoms with Crippen molar-refractivity contribution in [3.05, 3.63) is 52.6 Å². The number of ether oxygens (including phenoxy) is 2. The molecule has 171 valence electrons. The number of unbranched alkanes of at least 4 members (excludes halogenated alkanes) is 2. The number of hydrogen-bond donors (Lipinski definition) is 0. The first-order valence-corrected chi connectivity index (χ1v) is 12.5. The molecule has 0 amide bonds. The van der Waals surface area contributed by atoms with E-state index in [1.807, 2.05) is 32.0 Å². The number of rotatable bonds is 11. The Balaban J connectivity index is 0.00000512. The maximum atomic E-state index is 13.3. The minimum absolute atomic E-state index is 0. The van der Waals surface area contributed by atoms with Crippen LogP contribution in [0.25, 0.3) is 0 Å². The van der Waals surface area contributed by atoms with Gasteiger partial charge < -0.3 is 9.47 Å². The Morgan fingerprint density at radius 1 is 0.906 bits per heavy atom. The zero-order valence-corrected chi connectivity index (χ0v) is 22.4. The molecule has 1 unspecified atom stereocenters. The fraction of sp³-hybridized carbons (Fsp3) is 0.519. The van der Waals surface area contributed by atoms with Gasteiger partial charge in [-0.15, -0.1) is 0 Å². The smallest absolute Gasteiger partial charge is 0.186 e. The van der Waals surface area contributed by atoms with Crippen molar-refractivity contribution in [1.29, 1.82) is 0 Å². The normalized spacial score (nSPS) is 11.5. The second-order valence-electron chi connectivity index (χ2n) is 9.25. The third-order valence-electron chi connectivity index (χ3n) is 5.35. The number of benzene rings is 2. The predicted octanol–water partition coefficient (Wildman–Crippen LogP) is 6.72. The molecule has 0 aromatic heterocycles. The summed E-state index contributed by atoms with van der Waals surface area (Å²) in [7, 11) is 0.0220. The Kier molecular flexibility index (Phi) is 12.1. The Labute approximate surface area is 209 Å². The largest absolute Gasteiger partial charge is 0.493 e. The van der Waals surface area contributed by atoms with Gasteiger partial charge in [-0.3, -0.25) is 4.79 Å². The van der Waals surface area contributed by atoms with Gasteiger partial charge in [0, 0.05) is 35.8 Å². The molecule has 2 aromatic carbocycles. The topological polar surface area (TPSA) is 35.5 Å². The monoisotopic (exact) mass is 449 g/mol. The molecule has 32 heavy (non-hydrogen) atoms. The van der Waals surface area contributed by atoms with Crippen molar-refractivity contribution < 1.29 is 14.3 Å². The minimum atomic E-state index is 0. The van der Waals surface area contributed by atoms with Crippen LogP contribution in [-0.2, 0) is 5.41 Å². The van der Waals surface area contributed by atoms with Crippen molar-refractivity contribution in [1.82, 2.24) is 0 Å². The van der Waals surface area contributed by atoms with Gasteiger partial charge >= 0.3 is 0 Å². The molecule has 1 radical (unpaired) electrons. The molecule has 5 heteroatoms. The van der Waals surface area contributed by atoms with Gasteiger partial charge in [-0.1, -0.05) is 59.6 Å². The fourth-order valence-corrected chi connectivity index (χ4v) is 4.61. The molecule has 0 aliphatic carbocycles. The zero-order valence-electron chi connectivity index (χ0n) is 21.4. The van der Waals surface area contributed by atoms with E-state index in [0.29, 0.717) is 13.2 Å². The Morgan fingerprint density at radius 2 is 1.47 bits per heavy atom. The average Bonchev–Trinajstić information content (AvgIpc) is 2.69. The molecule has 0 saturated heterocycles. The van der Waals surface area contributed by atoms with Gasteiger partial charge in [0.2, 0.25) is 0 Å². The van der Waals surface area contributed by atoms with Crippen LogP contribution in [0.5, 0.6) is 11.5 Å². The fourth-order valence-electron chi connectivity index (χ4n) is 3.42. The van der Waals surface area contributed by atoms with Crippen molar-refractivity contribution in [2.45, 2.75) is 79.6 Å². The van der Waals surface area contributed by atoms with Gasteiger partial charge in [0.05, 0.1) is 13.2 Å².